The number of alkyl halides is 2. The second-order valence-corrected chi connectivity index (χ2v) is 8.21. The van der Waals surface area contributed by atoms with Crippen molar-refractivity contribution in [2.24, 2.45) is 5.41 Å². The monoisotopic (exact) mass is 494 g/mol. The number of imide groups is 1. The van der Waals surface area contributed by atoms with Crippen LogP contribution in [0.1, 0.15) is 42.6 Å². The lowest BCUT2D eigenvalue weighted by atomic mass is 9.72. The van der Waals surface area contributed by atoms with Crippen LogP contribution >= 0.6 is 23.2 Å². The molecule has 3 rings (SSSR count). The number of carbonyl (C=O) groups is 3. The van der Waals surface area contributed by atoms with Gasteiger partial charge in [-0.05, 0) is 49.1 Å². The lowest BCUT2D eigenvalue weighted by Crippen LogP contribution is -2.73. The van der Waals surface area contributed by atoms with Gasteiger partial charge < -0.3 is 15.2 Å². The zero-order valence-electron chi connectivity index (χ0n) is 18.6. The van der Waals surface area contributed by atoms with Gasteiger partial charge in [0.15, 0.2) is 6.23 Å². The van der Waals surface area contributed by atoms with E-state index >= 15 is 0 Å². The summed E-state index contributed by atoms with van der Waals surface area (Å²) in [6, 6.07) is 15.2. The van der Waals surface area contributed by atoms with E-state index < -0.39 is 23.6 Å². The van der Waals surface area contributed by atoms with Crippen molar-refractivity contribution in [1.82, 2.24) is 10.2 Å². The van der Waals surface area contributed by atoms with Crippen molar-refractivity contribution in [3.63, 3.8) is 0 Å². The number of aromatic carboxylic acids is 1. The second kappa shape index (κ2) is 12.5. The molecule has 178 valence electrons. The molecule has 0 saturated carbocycles. The maximum atomic E-state index is 12.9. The Morgan fingerprint density at radius 3 is 2.15 bits per heavy atom. The van der Waals surface area contributed by atoms with Crippen LogP contribution in [0.5, 0.6) is 5.75 Å². The minimum absolute atomic E-state index is 0.139. The van der Waals surface area contributed by atoms with Crippen molar-refractivity contribution < 1.29 is 24.2 Å². The minimum Gasteiger partial charge on any atom is -0.478 e. The third-order valence-electron chi connectivity index (χ3n) is 5.71. The molecule has 0 aromatic heterocycles. The summed E-state index contributed by atoms with van der Waals surface area (Å²) < 4.78 is 6.00. The molecule has 1 saturated heterocycles. The number of likely N-dealkylation sites (tertiary alicyclic amines) is 1. The SMILES string of the molecule is CCC1(CC)C(=O)N(C(=O)NCCc2ccccc2)C1Oc1ccc(C(=O)O)cc1.ClCCl. The number of urea groups is 1. The zero-order valence-corrected chi connectivity index (χ0v) is 20.1. The Bertz CT molecular complexity index is 934. The number of carboxylic acids is 1. The lowest BCUT2D eigenvalue weighted by Gasteiger charge is -2.53. The molecular weight excluding hydrogens is 467 g/mol. The van der Waals surface area contributed by atoms with E-state index in [4.69, 9.17) is 33.0 Å². The number of hydrogen-bond donors (Lipinski definition) is 2. The number of hydrogen-bond acceptors (Lipinski definition) is 4. The number of amides is 3. The first kappa shape index (κ1) is 26.5. The van der Waals surface area contributed by atoms with Crippen LogP contribution in [0.2, 0.25) is 0 Å². The highest BCUT2D eigenvalue weighted by molar-refractivity contribution is 6.40. The van der Waals surface area contributed by atoms with Gasteiger partial charge in [0.1, 0.15) is 11.2 Å². The van der Waals surface area contributed by atoms with Gasteiger partial charge in [-0.25, -0.2) is 14.5 Å². The van der Waals surface area contributed by atoms with Crippen LogP contribution < -0.4 is 10.1 Å². The standard InChI is InChI=1S/C23H26N2O5.CH2Cl2/c1-3-23(4-2)20(28)25(22(29)24-15-14-16-8-6-5-7-9-16)21(23)30-18-12-10-17(11-13-18)19(26)27;2-1-3/h5-13,21H,3-4,14-15H2,1-2H3,(H,24,29)(H,26,27);1H2. The first-order valence-electron chi connectivity index (χ1n) is 10.6. The molecule has 2 N–H and O–H groups in total. The third-order valence-corrected chi connectivity index (χ3v) is 5.71. The van der Waals surface area contributed by atoms with Gasteiger partial charge in [-0.1, -0.05) is 44.2 Å². The van der Waals surface area contributed by atoms with Gasteiger partial charge >= 0.3 is 12.0 Å². The molecule has 1 heterocycles. The van der Waals surface area contributed by atoms with Gasteiger partial charge in [-0.15, -0.1) is 23.2 Å². The van der Waals surface area contributed by atoms with E-state index in [1.54, 1.807) is 0 Å². The molecule has 2 aromatic rings. The Morgan fingerprint density at radius 1 is 1.06 bits per heavy atom. The highest BCUT2D eigenvalue weighted by atomic mass is 35.5. The minimum atomic E-state index is -1.03. The van der Waals surface area contributed by atoms with Crippen LogP contribution in [0.3, 0.4) is 0 Å². The zero-order chi connectivity index (χ0) is 24.4. The Morgan fingerprint density at radius 2 is 1.64 bits per heavy atom. The van der Waals surface area contributed by atoms with Crippen molar-refractivity contribution in [1.29, 1.82) is 0 Å². The molecule has 1 atom stereocenters. The fourth-order valence-electron chi connectivity index (χ4n) is 3.75. The number of nitrogens with zero attached hydrogens (tertiary/aromatic N) is 1. The number of β-lactam (4-membered cyclic amide) rings is 1. The number of benzene rings is 2. The summed E-state index contributed by atoms with van der Waals surface area (Å²) in [7, 11) is 0. The lowest BCUT2D eigenvalue weighted by molar-refractivity contribution is -0.190. The summed E-state index contributed by atoms with van der Waals surface area (Å²) in [6.07, 6.45) is 0.985. The highest BCUT2D eigenvalue weighted by Gasteiger charge is 2.62. The van der Waals surface area contributed by atoms with E-state index in [1.807, 2.05) is 44.2 Å². The maximum Gasteiger partial charge on any atom is 0.335 e. The van der Waals surface area contributed by atoms with Gasteiger partial charge in [0.05, 0.1) is 10.9 Å². The summed E-state index contributed by atoms with van der Waals surface area (Å²) in [6.45, 7) is 4.20. The predicted molar refractivity (Wildman–Crippen MR) is 128 cm³/mol. The van der Waals surface area contributed by atoms with Gasteiger partial charge in [0, 0.05) is 6.54 Å². The van der Waals surface area contributed by atoms with E-state index in [0.29, 0.717) is 31.6 Å². The van der Waals surface area contributed by atoms with E-state index in [2.05, 4.69) is 5.32 Å². The van der Waals surface area contributed by atoms with Crippen molar-refractivity contribution in [3.05, 3.63) is 65.7 Å². The average molecular weight is 495 g/mol. The molecule has 1 fully saturated rings. The Balaban J connectivity index is 0.00000122. The molecule has 2 aromatic carbocycles. The topological polar surface area (TPSA) is 95.9 Å². The molecule has 0 bridgehead atoms. The molecule has 7 nitrogen and oxygen atoms in total. The molecule has 1 aliphatic heterocycles. The summed E-state index contributed by atoms with van der Waals surface area (Å²) in [5.74, 6) is -0.876. The first-order chi connectivity index (χ1) is 15.8. The quantitative estimate of drug-likeness (QED) is 0.392. The number of carbonyl (C=O) groups excluding carboxylic acids is 2. The number of halogens is 2. The predicted octanol–water partition coefficient (Wildman–Crippen LogP) is 5.11. The van der Waals surface area contributed by atoms with Crippen LogP contribution in [0, 0.1) is 5.41 Å². The Labute approximate surface area is 203 Å². The second-order valence-electron chi connectivity index (χ2n) is 7.41. The van der Waals surface area contributed by atoms with Crippen molar-refractivity contribution >= 4 is 41.1 Å². The number of carboxylic acid groups (broad SMARTS) is 1. The number of rotatable bonds is 8. The van der Waals surface area contributed by atoms with Crippen LogP contribution in [-0.2, 0) is 11.2 Å². The van der Waals surface area contributed by atoms with Crippen molar-refractivity contribution in [2.75, 3.05) is 11.9 Å². The maximum absolute atomic E-state index is 12.9. The van der Waals surface area contributed by atoms with Crippen LogP contribution in [-0.4, -0.2) is 46.0 Å². The van der Waals surface area contributed by atoms with Crippen molar-refractivity contribution in [2.45, 2.75) is 39.3 Å². The Hall–Kier alpha value is -2.77. The molecule has 33 heavy (non-hydrogen) atoms. The third kappa shape index (κ3) is 6.18. The fourth-order valence-corrected chi connectivity index (χ4v) is 3.75. The van der Waals surface area contributed by atoms with Crippen LogP contribution in [0.15, 0.2) is 54.6 Å². The summed E-state index contributed by atoms with van der Waals surface area (Å²) >= 11 is 9.53. The Kier molecular flexibility index (Phi) is 10.0. The molecule has 9 heteroatoms. The van der Waals surface area contributed by atoms with E-state index in [9.17, 15) is 14.4 Å². The fraction of sp³-hybridized carbons (Fsp3) is 0.375. The highest BCUT2D eigenvalue weighted by Crippen LogP contribution is 2.46. The van der Waals surface area contributed by atoms with Crippen LogP contribution in [0.4, 0.5) is 4.79 Å². The van der Waals surface area contributed by atoms with Gasteiger partial charge in [0.2, 0.25) is 5.91 Å². The molecular formula is C24H28Cl2N2O5. The molecule has 1 unspecified atom stereocenters. The largest absolute Gasteiger partial charge is 0.478 e. The molecule has 3 amide bonds. The van der Waals surface area contributed by atoms with Gasteiger partial charge in [0.25, 0.3) is 0 Å². The molecule has 0 aliphatic carbocycles. The normalized spacial score (nSPS) is 16.2. The smallest absolute Gasteiger partial charge is 0.335 e. The van der Waals surface area contributed by atoms with Crippen molar-refractivity contribution in [3.8, 4) is 5.75 Å². The summed E-state index contributed by atoms with van der Waals surface area (Å²) in [4.78, 5) is 37.8. The summed E-state index contributed by atoms with van der Waals surface area (Å²) in [5.41, 5.74) is 0.456. The van der Waals surface area contributed by atoms with Gasteiger partial charge in [-0.2, -0.15) is 0 Å². The molecule has 0 spiro atoms. The van der Waals surface area contributed by atoms with Crippen LogP contribution in [0.25, 0.3) is 0 Å². The molecule has 1 aliphatic rings. The van der Waals surface area contributed by atoms with Gasteiger partial charge in [-0.3, -0.25) is 4.79 Å². The number of nitrogens with one attached hydrogen (secondary N) is 1. The average Bonchev–Trinajstić information content (AvgIpc) is 2.81. The van der Waals surface area contributed by atoms with E-state index in [1.165, 1.54) is 24.3 Å². The van der Waals surface area contributed by atoms with E-state index in [-0.39, 0.29) is 16.8 Å². The summed E-state index contributed by atoms with van der Waals surface area (Å²) in [5, 5.41) is 12.0. The first-order valence-corrected chi connectivity index (χ1v) is 11.7. The van der Waals surface area contributed by atoms with E-state index in [0.717, 1.165) is 10.5 Å². The number of ether oxygens (including phenoxy) is 1. The molecule has 0 radical (unpaired) electrons.